The van der Waals surface area contributed by atoms with E-state index in [0.29, 0.717) is 6.42 Å². The molecular formula is C19H30N4O2S. The molecule has 0 saturated carbocycles. The van der Waals surface area contributed by atoms with Crippen LogP contribution in [-0.4, -0.2) is 68.8 Å². The molecule has 2 fully saturated rings. The highest BCUT2D eigenvalue weighted by atomic mass is 32.2. The molecule has 0 aromatic carbocycles. The zero-order valence-corrected chi connectivity index (χ0v) is 16.7. The van der Waals surface area contributed by atoms with Gasteiger partial charge in [0.1, 0.15) is 0 Å². The summed E-state index contributed by atoms with van der Waals surface area (Å²) >= 11 is 1.61. The van der Waals surface area contributed by atoms with Crippen molar-refractivity contribution in [3.63, 3.8) is 0 Å². The summed E-state index contributed by atoms with van der Waals surface area (Å²) in [5.41, 5.74) is 0.211. The number of thioether (sulfide) groups is 1. The molecular weight excluding hydrogens is 348 g/mol. The molecule has 0 N–H and O–H groups in total. The number of aryl methyl sites for hydroxylation is 1. The van der Waals surface area contributed by atoms with E-state index in [9.17, 15) is 9.59 Å². The molecule has 6 nitrogen and oxygen atoms in total. The molecule has 0 unspecified atom stereocenters. The Bertz CT molecular complexity index is 611. The third-order valence-corrected chi connectivity index (χ3v) is 6.90. The molecule has 3 rings (SSSR count). The van der Waals surface area contributed by atoms with Gasteiger partial charge in [-0.05, 0) is 44.3 Å². The Balaban J connectivity index is 1.51. The molecule has 0 aliphatic carbocycles. The van der Waals surface area contributed by atoms with E-state index in [1.807, 2.05) is 30.6 Å². The molecule has 1 aromatic rings. The second-order valence-electron chi connectivity index (χ2n) is 7.67. The van der Waals surface area contributed by atoms with Gasteiger partial charge >= 0.3 is 0 Å². The zero-order chi connectivity index (χ0) is 18.6. The summed E-state index contributed by atoms with van der Waals surface area (Å²) in [6.07, 6.45) is 12.2. The van der Waals surface area contributed by atoms with Crippen LogP contribution in [0.4, 0.5) is 0 Å². The molecule has 1 aromatic heterocycles. The first-order valence-corrected chi connectivity index (χ1v) is 10.9. The van der Waals surface area contributed by atoms with Gasteiger partial charge < -0.3 is 14.4 Å². The number of carbonyl (C=O) groups excluding carboxylic acids is 2. The monoisotopic (exact) mass is 378 g/mol. The van der Waals surface area contributed by atoms with Crippen molar-refractivity contribution in [2.24, 2.45) is 5.41 Å². The largest absolute Gasteiger partial charge is 0.342 e. The Morgan fingerprint density at radius 1 is 1.31 bits per heavy atom. The van der Waals surface area contributed by atoms with E-state index in [1.54, 1.807) is 18.0 Å². The summed E-state index contributed by atoms with van der Waals surface area (Å²) in [4.78, 5) is 32.9. The fraction of sp³-hybridized carbons (Fsp3) is 0.737. The molecule has 3 heterocycles. The zero-order valence-electron chi connectivity index (χ0n) is 15.9. The standard InChI is InChI=1S/C19H30N4O2S/c1-16(26-2)18(25)22-11-6-19(7-12-22)5-4-17(24)23(14-19)10-3-9-21-13-8-20-15-21/h8,13,15-16H,3-7,9-12,14H2,1-2H3/t16-/m1/s1. The predicted octanol–water partition coefficient (Wildman–Crippen LogP) is 2.26. The lowest BCUT2D eigenvalue weighted by atomic mass is 9.72. The van der Waals surface area contributed by atoms with Gasteiger partial charge in [-0.15, -0.1) is 0 Å². The third-order valence-electron chi connectivity index (χ3n) is 5.99. The number of aromatic nitrogens is 2. The van der Waals surface area contributed by atoms with E-state index in [-0.39, 0.29) is 22.5 Å². The summed E-state index contributed by atoms with van der Waals surface area (Å²) < 4.78 is 2.06. The maximum atomic E-state index is 12.4. The van der Waals surface area contributed by atoms with Crippen LogP contribution >= 0.6 is 11.8 Å². The minimum atomic E-state index is 0.0386. The Labute approximate surface area is 160 Å². The third kappa shape index (κ3) is 4.42. The molecule has 2 saturated heterocycles. The van der Waals surface area contributed by atoms with Crippen molar-refractivity contribution in [2.75, 3.05) is 32.4 Å². The smallest absolute Gasteiger partial charge is 0.235 e. The van der Waals surface area contributed by atoms with Crippen molar-refractivity contribution >= 4 is 23.6 Å². The highest BCUT2D eigenvalue weighted by Crippen LogP contribution is 2.40. The van der Waals surface area contributed by atoms with Gasteiger partial charge in [-0.1, -0.05) is 0 Å². The summed E-state index contributed by atoms with van der Waals surface area (Å²) in [5.74, 6) is 0.548. The highest BCUT2D eigenvalue weighted by molar-refractivity contribution is 7.99. The van der Waals surface area contributed by atoms with Gasteiger partial charge in [0, 0.05) is 51.5 Å². The van der Waals surface area contributed by atoms with Crippen molar-refractivity contribution < 1.29 is 9.59 Å². The lowest BCUT2D eigenvalue weighted by Gasteiger charge is -2.47. The van der Waals surface area contributed by atoms with E-state index >= 15 is 0 Å². The molecule has 26 heavy (non-hydrogen) atoms. The van der Waals surface area contributed by atoms with Crippen LogP contribution in [-0.2, 0) is 16.1 Å². The van der Waals surface area contributed by atoms with Gasteiger partial charge in [0.05, 0.1) is 11.6 Å². The van der Waals surface area contributed by atoms with E-state index in [4.69, 9.17) is 0 Å². The maximum Gasteiger partial charge on any atom is 0.235 e. The fourth-order valence-corrected chi connectivity index (χ4v) is 4.49. The second-order valence-corrected chi connectivity index (χ2v) is 8.85. The molecule has 2 aliphatic heterocycles. The normalized spacial score (nSPS) is 21.2. The first-order chi connectivity index (χ1) is 12.5. The first-order valence-electron chi connectivity index (χ1n) is 9.58. The maximum absolute atomic E-state index is 12.4. The van der Waals surface area contributed by atoms with Crippen molar-refractivity contribution in [1.29, 1.82) is 0 Å². The van der Waals surface area contributed by atoms with Crippen molar-refractivity contribution in [2.45, 2.75) is 50.8 Å². The molecule has 2 aliphatic rings. The van der Waals surface area contributed by atoms with Crippen molar-refractivity contribution in [1.82, 2.24) is 19.4 Å². The van der Waals surface area contributed by atoms with Gasteiger partial charge in [0.15, 0.2) is 0 Å². The SMILES string of the molecule is CS[C@H](C)C(=O)N1CCC2(CCC(=O)N(CCCn3ccnc3)C2)CC1. The molecule has 0 bridgehead atoms. The Hall–Kier alpha value is -1.50. The Morgan fingerprint density at radius 2 is 2.08 bits per heavy atom. The summed E-state index contributed by atoms with van der Waals surface area (Å²) in [7, 11) is 0. The van der Waals surface area contributed by atoms with Crippen LogP contribution in [0.15, 0.2) is 18.7 Å². The predicted molar refractivity (Wildman–Crippen MR) is 104 cm³/mol. The number of likely N-dealkylation sites (tertiary alicyclic amines) is 2. The Morgan fingerprint density at radius 3 is 2.73 bits per heavy atom. The van der Waals surface area contributed by atoms with Gasteiger partial charge in [-0.3, -0.25) is 9.59 Å². The van der Waals surface area contributed by atoms with Crippen LogP contribution < -0.4 is 0 Å². The van der Waals surface area contributed by atoms with E-state index in [1.165, 1.54) is 0 Å². The van der Waals surface area contributed by atoms with Gasteiger partial charge in [-0.2, -0.15) is 11.8 Å². The molecule has 0 radical (unpaired) electrons. The molecule has 144 valence electrons. The lowest BCUT2D eigenvalue weighted by Crippen LogP contribution is -2.53. The van der Waals surface area contributed by atoms with Crippen LogP contribution in [0.1, 0.15) is 39.0 Å². The molecule has 7 heteroatoms. The minimum absolute atomic E-state index is 0.0386. The number of hydrogen-bond donors (Lipinski definition) is 0. The van der Waals surface area contributed by atoms with Gasteiger partial charge in [0.2, 0.25) is 11.8 Å². The number of hydrogen-bond acceptors (Lipinski definition) is 4. The minimum Gasteiger partial charge on any atom is -0.342 e. The van der Waals surface area contributed by atoms with Crippen LogP contribution in [0.25, 0.3) is 0 Å². The van der Waals surface area contributed by atoms with Crippen LogP contribution in [0.3, 0.4) is 0 Å². The number of amides is 2. The molecule has 2 amide bonds. The van der Waals surface area contributed by atoms with E-state index in [0.717, 1.165) is 58.4 Å². The topological polar surface area (TPSA) is 58.4 Å². The average molecular weight is 379 g/mol. The summed E-state index contributed by atoms with van der Waals surface area (Å²) in [6, 6.07) is 0. The number of rotatable bonds is 6. The molecule has 1 spiro atoms. The second kappa shape index (κ2) is 8.46. The number of piperidine rings is 2. The number of nitrogens with zero attached hydrogens (tertiary/aromatic N) is 4. The van der Waals surface area contributed by atoms with Crippen LogP contribution in [0.2, 0.25) is 0 Å². The first kappa shape index (κ1) is 19.3. The molecule has 1 atom stereocenters. The van der Waals surface area contributed by atoms with E-state index < -0.39 is 0 Å². The van der Waals surface area contributed by atoms with Gasteiger partial charge in [-0.25, -0.2) is 4.98 Å². The van der Waals surface area contributed by atoms with Crippen LogP contribution in [0.5, 0.6) is 0 Å². The highest BCUT2D eigenvalue weighted by Gasteiger charge is 2.41. The lowest BCUT2D eigenvalue weighted by molar-refractivity contribution is -0.142. The summed E-state index contributed by atoms with van der Waals surface area (Å²) in [5, 5.41) is 0.0386. The van der Waals surface area contributed by atoms with Crippen molar-refractivity contribution in [3.8, 4) is 0 Å². The quantitative estimate of drug-likeness (QED) is 0.762. The van der Waals surface area contributed by atoms with Crippen LogP contribution in [0, 0.1) is 5.41 Å². The summed E-state index contributed by atoms with van der Waals surface area (Å²) in [6.45, 7) is 6.21. The number of carbonyl (C=O) groups is 2. The Kier molecular flexibility index (Phi) is 6.27. The average Bonchev–Trinajstić information content (AvgIpc) is 3.17. The van der Waals surface area contributed by atoms with Crippen molar-refractivity contribution in [3.05, 3.63) is 18.7 Å². The van der Waals surface area contributed by atoms with E-state index in [2.05, 4.69) is 14.5 Å². The number of imidazole rings is 1. The fourth-order valence-electron chi connectivity index (χ4n) is 4.14. The van der Waals surface area contributed by atoms with Gasteiger partial charge in [0.25, 0.3) is 0 Å².